The van der Waals surface area contributed by atoms with E-state index in [9.17, 15) is 14.4 Å². The van der Waals surface area contributed by atoms with Gasteiger partial charge >= 0.3 is 11.7 Å². The summed E-state index contributed by atoms with van der Waals surface area (Å²) in [4.78, 5) is 43.1. The molecule has 0 unspecified atom stereocenters. The highest BCUT2D eigenvalue weighted by atomic mass is 35.5. The molecule has 9 heteroatoms. The van der Waals surface area contributed by atoms with E-state index in [1.807, 2.05) is 0 Å². The van der Waals surface area contributed by atoms with E-state index >= 15 is 0 Å². The van der Waals surface area contributed by atoms with Crippen LogP contribution < -0.4 is 11.2 Å². The molecule has 0 atom stereocenters. The highest BCUT2D eigenvalue weighted by Crippen LogP contribution is 2.31. The van der Waals surface area contributed by atoms with Crippen LogP contribution in [0.5, 0.6) is 0 Å². The number of methoxy groups -OCH3 is 1. The minimum atomic E-state index is -0.689. The zero-order chi connectivity index (χ0) is 16.7. The molecule has 0 aromatic carbocycles. The SMILES string of the molecule is COC(=O)c1cc(-c2ccc(Cl)s2)nc2c1c(=O)[nH]c(=O)n2C. The van der Waals surface area contributed by atoms with Gasteiger partial charge in [-0.3, -0.25) is 14.3 Å². The summed E-state index contributed by atoms with van der Waals surface area (Å²) in [6.07, 6.45) is 0. The van der Waals surface area contributed by atoms with Crippen molar-refractivity contribution >= 4 is 39.9 Å². The van der Waals surface area contributed by atoms with Crippen LogP contribution in [0.3, 0.4) is 0 Å². The predicted molar refractivity (Wildman–Crippen MR) is 87.3 cm³/mol. The lowest BCUT2D eigenvalue weighted by Crippen LogP contribution is -2.30. The summed E-state index contributed by atoms with van der Waals surface area (Å²) in [5, 5.41) is 0.00496. The van der Waals surface area contributed by atoms with Crippen molar-refractivity contribution in [2.24, 2.45) is 7.05 Å². The molecular weight excluding hydrogens is 342 g/mol. The first-order valence-electron chi connectivity index (χ1n) is 6.40. The number of nitrogens with one attached hydrogen (secondary N) is 1. The summed E-state index contributed by atoms with van der Waals surface area (Å²) >= 11 is 7.20. The number of aromatic nitrogens is 3. The van der Waals surface area contributed by atoms with E-state index in [2.05, 4.69) is 9.97 Å². The number of carbonyl (C=O) groups is 1. The molecule has 23 heavy (non-hydrogen) atoms. The van der Waals surface area contributed by atoms with Gasteiger partial charge in [0.15, 0.2) is 5.65 Å². The van der Waals surface area contributed by atoms with E-state index in [1.165, 1.54) is 36.1 Å². The van der Waals surface area contributed by atoms with Crippen molar-refractivity contribution in [1.82, 2.24) is 14.5 Å². The Balaban J connectivity index is 2.47. The van der Waals surface area contributed by atoms with Crippen LogP contribution in [-0.4, -0.2) is 27.6 Å². The Hall–Kier alpha value is -2.45. The molecule has 3 heterocycles. The van der Waals surface area contributed by atoms with Crippen LogP contribution in [0.1, 0.15) is 10.4 Å². The summed E-state index contributed by atoms with van der Waals surface area (Å²) in [7, 11) is 2.67. The molecule has 0 bridgehead atoms. The van der Waals surface area contributed by atoms with Crippen molar-refractivity contribution in [3.05, 3.63) is 48.9 Å². The number of H-pyrrole nitrogens is 1. The van der Waals surface area contributed by atoms with Crippen LogP contribution in [0.4, 0.5) is 0 Å². The molecular formula is C14H10ClN3O4S. The van der Waals surface area contributed by atoms with Gasteiger partial charge in [-0.1, -0.05) is 11.6 Å². The van der Waals surface area contributed by atoms with Gasteiger partial charge in [-0.05, 0) is 18.2 Å². The first-order chi connectivity index (χ1) is 10.9. The zero-order valence-corrected chi connectivity index (χ0v) is 13.6. The summed E-state index contributed by atoms with van der Waals surface area (Å²) in [5.74, 6) is -0.689. The molecule has 0 radical (unpaired) electrons. The van der Waals surface area contributed by atoms with E-state index in [0.717, 1.165) is 0 Å². The first kappa shape index (κ1) is 15.4. The minimum Gasteiger partial charge on any atom is -0.465 e. The third-order valence-electron chi connectivity index (χ3n) is 3.30. The Labute approximate surface area is 138 Å². The van der Waals surface area contributed by atoms with Crippen LogP contribution in [0.15, 0.2) is 27.8 Å². The molecule has 3 rings (SSSR count). The Morgan fingerprint density at radius 1 is 1.39 bits per heavy atom. The fraction of sp³-hybridized carbons (Fsp3) is 0.143. The van der Waals surface area contributed by atoms with Crippen molar-refractivity contribution in [2.45, 2.75) is 0 Å². The van der Waals surface area contributed by atoms with Crippen LogP contribution >= 0.6 is 22.9 Å². The highest BCUT2D eigenvalue weighted by molar-refractivity contribution is 7.19. The van der Waals surface area contributed by atoms with Crippen molar-refractivity contribution in [3.8, 4) is 10.6 Å². The molecule has 0 saturated carbocycles. The van der Waals surface area contributed by atoms with Gasteiger partial charge in [-0.15, -0.1) is 11.3 Å². The number of aryl methyl sites for hydroxylation is 1. The maximum atomic E-state index is 12.1. The second kappa shape index (κ2) is 5.64. The summed E-state index contributed by atoms with van der Waals surface area (Å²) in [6, 6.07) is 4.89. The van der Waals surface area contributed by atoms with Gasteiger partial charge in [0.05, 0.1) is 33.0 Å². The van der Waals surface area contributed by atoms with Gasteiger partial charge in [0, 0.05) is 7.05 Å². The molecule has 118 valence electrons. The van der Waals surface area contributed by atoms with Crippen molar-refractivity contribution < 1.29 is 9.53 Å². The first-order valence-corrected chi connectivity index (χ1v) is 7.60. The van der Waals surface area contributed by atoms with E-state index in [1.54, 1.807) is 12.1 Å². The number of rotatable bonds is 2. The third kappa shape index (κ3) is 2.55. The maximum absolute atomic E-state index is 12.1. The van der Waals surface area contributed by atoms with Crippen molar-refractivity contribution in [1.29, 1.82) is 0 Å². The van der Waals surface area contributed by atoms with Crippen molar-refractivity contribution in [2.75, 3.05) is 7.11 Å². The number of fused-ring (bicyclic) bond motifs is 1. The smallest absolute Gasteiger partial charge is 0.338 e. The normalized spacial score (nSPS) is 10.9. The van der Waals surface area contributed by atoms with Gasteiger partial charge < -0.3 is 4.74 Å². The predicted octanol–water partition coefficient (Wildman–Crippen LogP) is 1.79. The monoisotopic (exact) mass is 351 g/mol. The molecule has 0 amide bonds. The largest absolute Gasteiger partial charge is 0.465 e. The van der Waals surface area contributed by atoms with Gasteiger partial charge in [-0.2, -0.15) is 0 Å². The lowest BCUT2D eigenvalue weighted by Gasteiger charge is -2.09. The molecule has 0 spiro atoms. The molecule has 0 aliphatic heterocycles. The number of hydrogen-bond acceptors (Lipinski definition) is 6. The van der Waals surface area contributed by atoms with Gasteiger partial charge in [-0.25, -0.2) is 14.6 Å². The highest BCUT2D eigenvalue weighted by Gasteiger charge is 2.20. The number of esters is 1. The number of thiophene rings is 1. The number of pyridine rings is 1. The number of carbonyl (C=O) groups excluding carboxylic acids is 1. The van der Waals surface area contributed by atoms with Crippen LogP contribution in [0.2, 0.25) is 4.34 Å². The Morgan fingerprint density at radius 2 is 2.13 bits per heavy atom. The standard InChI is InChI=1S/C14H10ClN3O4S/c1-18-11-10(12(19)17-14(18)21)6(13(20)22-2)5-7(16-11)8-3-4-9(15)23-8/h3-5H,1-2H3,(H,17,19,21). The Morgan fingerprint density at radius 3 is 2.74 bits per heavy atom. The second-order valence-corrected chi connectivity index (χ2v) is 6.38. The summed E-state index contributed by atoms with van der Waals surface area (Å²) in [5.41, 5.74) is -0.746. The maximum Gasteiger partial charge on any atom is 0.338 e. The molecule has 0 saturated heterocycles. The molecule has 0 aliphatic rings. The van der Waals surface area contributed by atoms with E-state index in [4.69, 9.17) is 16.3 Å². The topological polar surface area (TPSA) is 94.1 Å². The lowest BCUT2D eigenvalue weighted by atomic mass is 10.1. The van der Waals surface area contributed by atoms with Gasteiger partial charge in [0.25, 0.3) is 5.56 Å². The Bertz CT molecular complexity index is 1050. The number of aromatic amines is 1. The number of ether oxygens (including phenoxy) is 1. The second-order valence-electron chi connectivity index (χ2n) is 4.67. The quantitative estimate of drug-likeness (QED) is 0.710. The van der Waals surface area contributed by atoms with Gasteiger partial charge in [0.1, 0.15) is 0 Å². The lowest BCUT2D eigenvalue weighted by molar-refractivity contribution is 0.0603. The minimum absolute atomic E-state index is 0.00496. The zero-order valence-electron chi connectivity index (χ0n) is 12.0. The fourth-order valence-corrected chi connectivity index (χ4v) is 3.19. The molecule has 0 aliphatic carbocycles. The molecule has 3 aromatic rings. The van der Waals surface area contributed by atoms with Gasteiger partial charge in [0.2, 0.25) is 0 Å². The van der Waals surface area contributed by atoms with Crippen LogP contribution in [0, 0.1) is 0 Å². The number of nitrogens with zero attached hydrogens (tertiary/aromatic N) is 2. The van der Waals surface area contributed by atoms with E-state index in [-0.39, 0.29) is 16.6 Å². The molecule has 7 nitrogen and oxygen atoms in total. The van der Waals surface area contributed by atoms with E-state index < -0.39 is 17.2 Å². The Kier molecular flexibility index (Phi) is 3.78. The fourth-order valence-electron chi connectivity index (χ4n) is 2.19. The molecule has 0 fully saturated rings. The molecule has 1 N–H and O–H groups in total. The van der Waals surface area contributed by atoms with Crippen molar-refractivity contribution in [3.63, 3.8) is 0 Å². The van der Waals surface area contributed by atoms with Crippen LogP contribution in [-0.2, 0) is 11.8 Å². The number of hydrogen-bond donors (Lipinski definition) is 1. The average molecular weight is 352 g/mol. The summed E-state index contributed by atoms with van der Waals surface area (Å²) in [6.45, 7) is 0. The van der Waals surface area contributed by atoms with Crippen LogP contribution in [0.25, 0.3) is 21.6 Å². The summed E-state index contributed by atoms with van der Waals surface area (Å²) < 4.78 is 6.46. The average Bonchev–Trinajstić information content (AvgIpc) is 2.97. The van der Waals surface area contributed by atoms with E-state index in [0.29, 0.717) is 14.9 Å². The molecule has 3 aromatic heterocycles. The number of halogens is 1. The third-order valence-corrected chi connectivity index (χ3v) is 4.55.